The number of Topliss-reactive ketones (excluding diaryl/α,β-unsaturated/α-hetero) is 1. The van der Waals surface area contributed by atoms with Crippen LogP contribution in [0.2, 0.25) is 0 Å². The zero-order chi connectivity index (χ0) is 20.8. The Morgan fingerprint density at radius 1 is 1.14 bits per heavy atom. The smallest absolute Gasteiger partial charge is 0.336 e. The molecule has 0 radical (unpaired) electrons. The van der Waals surface area contributed by atoms with E-state index in [2.05, 4.69) is 12.2 Å². The second-order valence-electron chi connectivity index (χ2n) is 7.64. The van der Waals surface area contributed by atoms with E-state index >= 15 is 0 Å². The molecule has 1 aromatic rings. The number of allylic oxidation sites excluding steroid dienone is 3. The van der Waals surface area contributed by atoms with Gasteiger partial charge in [-0.1, -0.05) is 38.5 Å². The Hall–Kier alpha value is -2.56. The Bertz CT molecular complexity index is 837. The topological polar surface area (TPSA) is 64.6 Å². The Morgan fingerprint density at radius 2 is 1.93 bits per heavy atom. The lowest BCUT2D eigenvalue weighted by atomic mass is 9.75. The van der Waals surface area contributed by atoms with Crippen molar-refractivity contribution in [3.05, 3.63) is 52.4 Å². The van der Waals surface area contributed by atoms with E-state index in [-0.39, 0.29) is 11.8 Å². The maximum absolute atomic E-state index is 13.0. The number of nitrogens with one attached hydrogen (secondary N) is 1. The van der Waals surface area contributed by atoms with Gasteiger partial charge in [0.25, 0.3) is 0 Å². The molecule has 0 saturated heterocycles. The first-order valence-corrected chi connectivity index (χ1v) is 10.7. The van der Waals surface area contributed by atoms with E-state index < -0.39 is 5.92 Å². The third kappa shape index (κ3) is 4.55. The second-order valence-corrected chi connectivity index (χ2v) is 7.64. The highest BCUT2D eigenvalue weighted by molar-refractivity contribution is 6.04. The van der Waals surface area contributed by atoms with Crippen molar-refractivity contribution in [1.82, 2.24) is 5.32 Å². The van der Waals surface area contributed by atoms with Gasteiger partial charge < -0.3 is 14.8 Å². The molecule has 5 heteroatoms. The van der Waals surface area contributed by atoms with Crippen molar-refractivity contribution in [3.63, 3.8) is 0 Å². The van der Waals surface area contributed by atoms with E-state index in [0.29, 0.717) is 30.8 Å². The fourth-order valence-corrected chi connectivity index (χ4v) is 4.01. The zero-order valence-electron chi connectivity index (χ0n) is 17.7. The van der Waals surface area contributed by atoms with E-state index in [1.54, 1.807) is 0 Å². The lowest BCUT2D eigenvalue weighted by Gasteiger charge is -2.34. The summed E-state index contributed by atoms with van der Waals surface area (Å²) in [7, 11) is 0. The quantitative estimate of drug-likeness (QED) is 0.505. The Kier molecular flexibility index (Phi) is 7.13. The fourth-order valence-electron chi connectivity index (χ4n) is 4.01. The number of ketones is 1. The van der Waals surface area contributed by atoms with Crippen molar-refractivity contribution in [3.8, 4) is 5.75 Å². The van der Waals surface area contributed by atoms with E-state index in [0.717, 1.165) is 54.8 Å². The maximum atomic E-state index is 13.0. The average molecular weight is 398 g/mol. The standard InChI is InChI=1S/C24H31NO4/c1-4-6-15-28-20-13-8-7-10-17(20)22-21(24(27)29-14-5-2)16(3)25-18-11-9-12-19(26)23(18)22/h7-8,10,13,22,25H,4-6,9,11-12,14-15H2,1-3H3/t22-/m1/s1. The molecular formula is C24H31NO4. The molecule has 1 N–H and O–H groups in total. The fraction of sp³-hybridized carbons (Fsp3) is 0.500. The number of rotatable bonds is 8. The van der Waals surface area contributed by atoms with Crippen molar-refractivity contribution in [2.75, 3.05) is 13.2 Å². The molecule has 1 atom stereocenters. The summed E-state index contributed by atoms with van der Waals surface area (Å²) in [6.07, 6.45) is 4.89. The molecule has 0 unspecified atom stereocenters. The zero-order valence-corrected chi connectivity index (χ0v) is 17.7. The summed E-state index contributed by atoms with van der Waals surface area (Å²) in [5, 5.41) is 3.32. The van der Waals surface area contributed by atoms with Crippen LogP contribution in [0.5, 0.6) is 5.75 Å². The molecule has 1 aliphatic heterocycles. The number of ether oxygens (including phenoxy) is 2. The SMILES string of the molecule is CCCCOc1ccccc1[C@@H]1C(C(=O)OCCC)=C(C)NC2=C1C(=O)CCC2. The highest BCUT2D eigenvalue weighted by Gasteiger charge is 2.40. The highest BCUT2D eigenvalue weighted by Crippen LogP contribution is 2.45. The molecular weight excluding hydrogens is 366 g/mol. The van der Waals surface area contributed by atoms with Crippen LogP contribution in [0.15, 0.2) is 46.8 Å². The first-order chi connectivity index (χ1) is 14.1. The number of carbonyl (C=O) groups is 2. The van der Waals surface area contributed by atoms with E-state index in [1.807, 2.05) is 38.1 Å². The third-order valence-electron chi connectivity index (χ3n) is 5.42. The maximum Gasteiger partial charge on any atom is 0.336 e. The summed E-state index contributed by atoms with van der Waals surface area (Å²) in [5.41, 5.74) is 3.75. The molecule has 156 valence electrons. The van der Waals surface area contributed by atoms with Crippen molar-refractivity contribution in [1.29, 1.82) is 0 Å². The lowest BCUT2D eigenvalue weighted by Crippen LogP contribution is -2.34. The predicted octanol–water partition coefficient (Wildman–Crippen LogP) is 4.79. The molecule has 0 amide bonds. The number of para-hydroxylation sites is 1. The molecule has 5 nitrogen and oxygen atoms in total. The van der Waals surface area contributed by atoms with Gasteiger partial charge in [0.1, 0.15) is 5.75 Å². The van der Waals surface area contributed by atoms with Gasteiger partial charge in [-0.2, -0.15) is 0 Å². The average Bonchev–Trinajstić information content (AvgIpc) is 2.72. The van der Waals surface area contributed by atoms with Gasteiger partial charge in [0.05, 0.1) is 24.7 Å². The number of dihydropyridines is 1. The van der Waals surface area contributed by atoms with Crippen LogP contribution < -0.4 is 10.1 Å². The van der Waals surface area contributed by atoms with Gasteiger partial charge in [0.2, 0.25) is 0 Å². The van der Waals surface area contributed by atoms with Gasteiger partial charge >= 0.3 is 5.97 Å². The number of esters is 1. The van der Waals surface area contributed by atoms with Crippen molar-refractivity contribution < 1.29 is 19.1 Å². The molecule has 0 fully saturated rings. The summed E-state index contributed by atoms with van der Waals surface area (Å²) in [6.45, 7) is 6.94. The van der Waals surface area contributed by atoms with Crippen molar-refractivity contribution in [2.45, 2.75) is 65.2 Å². The number of benzene rings is 1. The first-order valence-electron chi connectivity index (χ1n) is 10.7. The molecule has 0 aromatic heterocycles. The van der Waals surface area contributed by atoms with Crippen LogP contribution in [0.25, 0.3) is 0 Å². The minimum Gasteiger partial charge on any atom is -0.493 e. The van der Waals surface area contributed by atoms with E-state index in [1.165, 1.54) is 0 Å². The molecule has 0 spiro atoms. The number of hydrogen-bond donors (Lipinski definition) is 1. The van der Waals surface area contributed by atoms with Crippen LogP contribution in [0.3, 0.4) is 0 Å². The molecule has 1 aromatic carbocycles. The van der Waals surface area contributed by atoms with Gasteiger partial charge in [-0.25, -0.2) is 4.79 Å². The summed E-state index contributed by atoms with van der Waals surface area (Å²) in [4.78, 5) is 26.0. The van der Waals surface area contributed by atoms with Crippen LogP contribution in [0.1, 0.15) is 70.8 Å². The largest absolute Gasteiger partial charge is 0.493 e. The van der Waals surface area contributed by atoms with Gasteiger partial charge in [-0.15, -0.1) is 0 Å². The Balaban J connectivity index is 2.09. The van der Waals surface area contributed by atoms with Gasteiger partial charge in [0, 0.05) is 29.0 Å². The monoisotopic (exact) mass is 397 g/mol. The van der Waals surface area contributed by atoms with Gasteiger partial charge in [0.15, 0.2) is 5.78 Å². The minimum atomic E-state index is -0.457. The summed E-state index contributed by atoms with van der Waals surface area (Å²) < 4.78 is 11.6. The van der Waals surface area contributed by atoms with Gasteiger partial charge in [-0.05, 0) is 38.7 Å². The van der Waals surface area contributed by atoms with Crippen molar-refractivity contribution in [2.24, 2.45) is 0 Å². The normalized spacial score (nSPS) is 19.0. The van der Waals surface area contributed by atoms with Crippen molar-refractivity contribution >= 4 is 11.8 Å². The molecule has 29 heavy (non-hydrogen) atoms. The van der Waals surface area contributed by atoms with Crippen LogP contribution in [-0.4, -0.2) is 25.0 Å². The van der Waals surface area contributed by atoms with Crippen LogP contribution in [-0.2, 0) is 14.3 Å². The van der Waals surface area contributed by atoms with Gasteiger partial charge in [-0.3, -0.25) is 4.79 Å². The Morgan fingerprint density at radius 3 is 2.69 bits per heavy atom. The molecule has 1 heterocycles. The Labute approximate surface area is 173 Å². The highest BCUT2D eigenvalue weighted by atomic mass is 16.5. The molecule has 0 bridgehead atoms. The molecule has 0 saturated carbocycles. The van der Waals surface area contributed by atoms with E-state index in [9.17, 15) is 9.59 Å². The first kappa shape index (κ1) is 21.2. The number of unbranched alkanes of at least 4 members (excludes halogenated alkanes) is 1. The van der Waals surface area contributed by atoms with Crippen LogP contribution >= 0.6 is 0 Å². The number of hydrogen-bond acceptors (Lipinski definition) is 5. The van der Waals surface area contributed by atoms with Crippen LogP contribution in [0.4, 0.5) is 0 Å². The van der Waals surface area contributed by atoms with E-state index in [4.69, 9.17) is 9.47 Å². The minimum absolute atomic E-state index is 0.0976. The second kappa shape index (κ2) is 9.77. The van der Waals surface area contributed by atoms with Crippen LogP contribution in [0, 0.1) is 0 Å². The summed E-state index contributed by atoms with van der Waals surface area (Å²) >= 11 is 0. The lowest BCUT2D eigenvalue weighted by molar-refractivity contribution is -0.139. The predicted molar refractivity (Wildman–Crippen MR) is 113 cm³/mol. The molecule has 1 aliphatic carbocycles. The molecule has 3 rings (SSSR count). The summed E-state index contributed by atoms with van der Waals surface area (Å²) in [6, 6.07) is 7.74. The number of carbonyl (C=O) groups excluding carboxylic acids is 2. The third-order valence-corrected chi connectivity index (χ3v) is 5.42. The summed E-state index contributed by atoms with van der Waals surface area (Å²) in [5.74, 6) is 0.00318. The molecule has 2 aliphatic rings.